The van der Waals surface area contributed by atoms with E-state index >= 15 is 0 Å². The molecule has 2 bridgehead atoms. The normalized spacial score (nSPS) is 21.7. The van der Waals surface area contributed by atoms with E-state index in [4.69, 9.17) is 0 Å². The van der Waals surface area contributed by atoms with Gasteiger partial charge in [-0.15, -0.1) is 10.2 Å². The Labute approximate surface area is 166 Å². The molecule has 150 valence electrons. The molecular formula is C19H17F2N5O2S. The van der Waals surface area contributed by atoms with E-state index in [-0.39, 0.29) is 17.0 Å². The molecule has 0 amide bonds. The molecule has 29 heavy (non-hydrogen) atoms. The lowest BCUT2D eigenvalue weighted by Gasteiger charge is -2.27. The number of halogens is 2. The zero-order chi connectivity index (χ0) is 20.2. The molecule has 3 aromatic rings. The molecule has 10 heteroatoms. The van der Waals surface area contributed by atoms with Crippen LogP contribution in [0.15, 0.2) is 47.6 Å². The van der Waals surface area contributed by atoms with E-state index < -0.39 is 21.7 Å². The minimum absolute atomic E-state index is 0.330. The lowest BCUT2D eigenvalue weighted by molar-refractivity contribution is 0.315. The van der Waals surface area contributed by atoms with E-state index in [1.165, 1.54) is 4.31 Å². The third-order valence-corrected chi connectivity index (χ3v) is 7.51. The molecule has 0 unspecified atom stereocenters. The number of pyridine rings is 1. The van der Waals surface area contributed by atoms with Crippen LogP contribution in [0.3, 0.4) is 0 Å². The van der Waals surface area contributed by atoms with Gasteiger partial charge in [-0.3, -0.25) is 4.98 Å². The van der Waals surface area contributed by atoms with Crippen LogP contribution >= 0.6 is 0 Å². The molecule has 0 radical (unpaired) electrons. The van der Waals surface area contributed by atoms with Gasteiger partial charge in [-0.2, -0.15) is 4.31 Å². The zero-order valence-corrected chi connectivity index (χ0v) is 16.1. The SMILES string of the molecule is O=S(=O)(c1cc(F)cc(F)c1)N1[C@@H]2CC[C@H]1Cc1nnc(-c3cccnc3)n1C2. The third-order valence-electron chi connectivity index (χ3n) is 5.52. The first-order valence-corrected chi connectivity index (χ1v) is 10.7. The summed E-state index contributed by atoms with van der Waals surface area (Å²) in [6.07, 6.45) is 5.06. The Kier molecular flexibility index (Phi) is 4.21. The van der Waals surface area contributed by atoms with Crippen molar-refractivity contribution in [3.05, 3.63) is 60.2 Å². The van der Waals surface area contributed by atoms with Gasteiger partial charge in [0.05, 0.1) is 4.90 Å². The van der Waals surface area contributed by atoms with Crippen molar-refractivity contribution < 1.29 is 17.2 Å². The lowest BCUT2D eigenvalue weighted by Crippen LogP contribution is -2.42. The minimum atomic E-state index is -4.06. The highest BCUT2D eigenvalue weighted by Crippen LogP contribution is 2.37. The monoisotopic (exact) mass is 417 g/mol. The highest BCUT2D eigenvalue weighted by molar-refractivity contribution is 7.89. The first-order chi connectivity index (χ1) is 13.9. The number of hydrogen-bond donors (Lipinski definition) is 0. The largest absolute Gasteiger partial charge is 0.309 e. The summed E-state index contributed by atoms with van der Waals surface area (Å²) in [7, 11) is -4.06. The maximum Gasteiger partial charge on any atom is 0.243 e. The highest BCUT2D eigenvalue weighted by atomic mass is 32.2. The number of nitrogens with zero attached hydrogens (tertiary/aromatic N) is 5. The van der Waals surface area contributed by atoms with Gasteiger partial charge >= 0.3 is 0 Å². The molecule has 1 saturated heterocycles. The number of fused-ring (bicyclic) bond motifs is 3. The van der Waals surface area contributed by atoms with E-state index in [0.29, 0.717) is 43.5 Å². The Morgan fingerprint density at radius 2 is 1.79 bits per heavy atom. The van der Waals surface area contributed by atoms with Gasteiger partial charge in [-0.1, -0.05) is 0 Å². The summed E-state index contributed by atoms with van der Waals surface area (Å²) < 4.78 is 57.2. The molecule has 2 atom stereocenters. The molecular weight excluding hydrogens is 400 g/mol. The van der Waals surface area contributed by atoms with Crippen LogP contribution in [-0.4, -0.2) is 44.6 Å². The summed E-state index contributed by atoms with van der Waals surface area (Å²) in [6, 6.07) is 5.39. The molecule has 1 aromatic carbocycles. The Balaban J connectivity index is 1.55. The van der Waals surface area contributed by atoms with Gasteiger partial charge in [0, 0.05) is 49.1 Å². The highest BCUT2D eigenvalue weighted by Gasteiger charge is 2.45. The van der Waals surface area contributed by atoms with Gasteiger partial charge in [0.25, 0.3) is 0 Å². The molecule has 2 aliphatic heterocycles. The van der Waals surface area contributed by atoms with Gasteiger partial charge in [-0.25, -0.2) is 17.2 Å². The van der Waals surface area contributed by atoms with E-state index in [1.807, 2.05) is 10.6 Å². The summed E-state index contributed by atoms with van der Waals surface area (Å²) >= 11 is 0. The summed E-state index contributed by atoms with van der Waals surface area (Å²) in [6.45, 7) is 0.375. The average molecular weight is 417 g/mol. The first-order valence-electron chi connectivity index (χ1n) is 9.25. The summed E-state index contributed by atoms with van der Waals surface area (Å²) in [5.41, 5.74) is 0.797. The van der Waals surface area contributed by atoms with Crippen molar-refractivity contribution in [1.82, 2.24) is 24.1 Å². The second kappa shape index (κ2) is 6.67. The van der Waals surface area contributed by atoms with Crippen LogP contribution in [0.5, 0.6) is 0 Å². The Morgan fingerprint density at radius 1 is 1.03 bits per heavy atom. The maximum atomic E-state index is 13.7. The Bertz CT molecular complexity index is 1160. The van der Waals surface area contributed by atoms with Crippen molar-refractivity contribution >= 4 is 10.0 Å². The molecule has 7 nitrogen and oxygen atoms in total. The van der Waals surface area contributed by atoms with Crippen molar-refractivity contribution in [2.24, 2.45) is 0 Å². The molecule has 0 saturated carbocycles. The lowest BCUT2D eigenvalue weighted by atomic mass is 10.1. The molecule has 1 fully saturated rings. The van der Waals surface area contributed by atoms with Crippen LogP contribution < -0.4 is 0 Å². The number of rotatable bonds is 3. The van der Waals surface area contributed by atoms with Crippen LogP contribution in [0.4, 0.5) is 8.78 Å². The fraction of sp³-hybridized carbons (Fsp3) is 0.316. The topological polar surface area (TPSA) is 81.0 Å². The quantitative estimate of drug-likeness (QED) is 0.654. The Hall–Kier alpha value is -2.72. The average Bonchev–Trinajstić information content (AvgIpc) is 3.21. The summed E-state index contributed by atoms with van der Waals surface area (Å²) in [5, 5.41) is 8.55. The van der Waals surface area contributed by atoms with E-state index in [0.717, 1.165) is 17.7 Å². The van der Waals surface area contributed by atoms with Gasteiger partial charge < -0.3 is 4.57 Å². The maximum absolute atomic E-state index is 13.7. The predicted octanol–water partition coefficient (Wildman–Crippen LogP) is 2.40. The predicted molar refractivity (Wildman–Crippen MR) is 99.1 cm³/mol. The molecule has 2 aromatic heterocycles. The minimum Gasteiger partial charge on any atom is -0.309 e. The summed E-state index contributed by atoms with van der Waals surface area (Å²) in [5.74, 6) is -0.500. The van der Waals surface area contributed by atoms with Crippen LogP contribution in [0, 0.1) is 11.6 Å². The summed E-state index contributed by atoms with van der Waals surface area (Å²) in [4.78, 5) is 3.75. The molecule has 4 heterocycles. The molecule has 0 aliphatic carbocycles. The van der Waals surface area contributed by atoms with E-state index in [1.54, 1.807) is 18.5 Å². The van der Waals surface area contributed by atoms with Crippen LogP contribution in [0.1, 0.15) is 18.7 Å². The number of hydrogen-bond acceptors (Lipinski definition) is 5. The fourth-order valence-corrected chi connectivity index (χ4v) is 6.20. The van der Waals surface area contributed by atoms with Crippen LogP contribution in [-0.2, 0) is 23.0 Å². The molecule has 2 aliphatic rings. The fourth-order valence-electron chi connectivity index (χ4n) is 4.30. The van der Waals surface area contributed by atoms with Crippen molar-refractivity contribution in [3.8, 4) is 11.4 Å². The first kappa shape index (κ1) is 18.3. The van der Waals surface area contributed by atoms with E-state index in [9.17, 15) is 17.2 Å². The second-order valence-electron chi connectivity index (χ2n) is 7.32. The van der Waals surface area contributed by atoms with Crippen LogP contribution in [0.25, 0.3) is 11.4 Å². The Morgan fingerprint density at radius 3 is 2.52 bits per heavy atom. The van der Waals surface area contributed by atoms with Gasteiger partial charge in [0.15, 0.2) is 5.82 Å². The molecule has 0 N–H and O–H groups in total. The van der Waals surface area contributed by atoms with Crippen molar-refractivity contribution in [1.29, 1.82) is 0 Å². The molecule has 5 rings (SSSR count). The molecule has 0 spiro atoms. The zero-order valence-electron chi connectivity index (χ0n) is 15.2. The van der Waals surface area contributed by atoms with Gasteiger partial charge in [-0.05, 0) is 37.1 Å². The van der Waals surface area contributed by atoms with E-state index in [2.05, 4.69) is 15.2 Å². The van der Waals surface area contributed by atoms with Crippen LogP contribution in [0.2, 0.25) is 0 Å². The number of sulfonamides is 1. The standard InChI is InChI=1S/C19H17F2N5O2S/c20-13-6-14(21)8-17(7-13)29(27,28)26-15-3-4-16(26)11-25-18(9-15)23-24-19(25)12-2-1-5-22-10-12/h1-2,5-8,10,15-16H,3-4,9,11H2/t15-,16+/m0/s1. The van der Waals surface area contributed by atoms with Crippen molar-refractivity contribution in [3.63, 3.8) is 0 Å². The number of aromatic nitrogens is 4. The number of benzene rings is 1. The van der Waals surface area contributed by atoms with Crippen molar-refractivity contribution in [2.75, 3.05) is 0 Å². The second-order valence-corrected chi connectivity index (χ2v) is 9.16. The third kappa shape index (κ3) is 3.03. The van der Waals surface area contributed by atoms with Gasteiger partial charge in [0.1, 0.15) is 17.5 Å². The van der Waals surface area contributed by atoms with Gasteiger partial charge in [0.2, 0.25) is 10.0 Å². The smallest absolute Gasteiger partial charge is 0.243 e. The van der Waals surface area contributed by atoms with Crippen molar-refractivity contribution in [2.45, 2.75) is 42.8 Å².